The van der Waals surface area contributed by atoms with Gasteiger partial charge in [-0.1, -0.05) is 13.8 Å². The van der Waals surface area contributed by atoms with Crippen LogP contribution in [0.4, 0.5) is 0 Å². The van der Waals surface area contributed by atoms with Gasteiger partial charge >= 0.3 is 0 Å². The standard InChI is InChI=1S/C7H12NO/c1-3-4-7(2)5-8-6-9/h3,7H,4-5H2,1-2H3. The summed E-state index contributed by atoms with van der Waals surface area (Å²) < 4.78 is 0. The molecule has 0 bridgehead atoms. The molecule has 0 heterocycles. The van der Waals surface area contributed by atoms with Crippen LogP contribution in [0.2, 0.25) is 0 Å². The normalized spacial score (nSPS) is 12.2. The van der Waals surface area contributed by atoms with Crippen molar-refractivity contribution in [1.82, 2.24) is 0 Å². The van der Waals surface area contributed by atoms with E-state index in [1.54, 1.807) is 0 Å². The molecule has 1 unspecified atom stereocenters. The molecule has 0 saturated heterocycles. The van der Waals surface area contributed by atoms with Crippen molar-refractivity contribution < 1.29 is 4.79 Å². The Morgan fingerprint density at radius 3 is 2.89 bits per heavy atom. The van der Waals surface area contributed by atoms with Crippen LogP contribution in [-0.4, -0.2) is 12.6 Å². The third kappa shape index (κ3) is 5.25. The van der Waals surface area contributed by atoms with Crippen molar-refractivity contribution in [3.8, 4) is 0 Å². The molecular formula is C7H12NO. The first kappa shape index (κ1) is 8.38. The van der Waals surface area contributed by atoms with Crippen LogP contribution in [0.15, 0.2) is 4.99 Å². The van der Waals surface area contributed by atoms with E-state index in [-0.39, 0.29) is 0 Å². The van der Waals surface area contributed by atoms with Gasteiger partial charge in [0.1, 0.15) is 0 Å². The van der Waals surface area contributed by atoms with Crippen molar-refractivity contribution in [2.75, 3.05) is 6.54 Å². The van der Waals surface area contributed by atoms with Crippen molar-refractivity contribution in [3.63, 3.8) is 0 Å². The highest BCUT2D eigenvalue weighted by Gasteiger charge is 1.96. The molecule has 51 valence electrons. The summed E-state index contributed by atoms with van der Waals surface area (Å²) in [6.07, 6.45) is 4.61. The Bertz CT molecular complexity index is 105. The molecule has 0 aliphatic heterocycles. The zero-order valence-corrected chi connectivity index (χ0v) is 5.92. The van der Waals surface area contributed by atoms with Crippen LogP contribution in [0.3, 0.4) is 0 Å². The van der Waals surface area contributed by atoms with Gasteiger partial charge in [-0.15, -0.1) is 0 Å². The van der Waals surface area contributed by atoms with E-state index >= 15 is 0 Å². The molecule has 2 heteroatoms. The Labute approximate surface area is 56.0 Å². The first-order valence-electron chi connectivity index (χ1n) is 3.12. The van der Waals surface area contributed by atoms with Gasteiger partial charge in [0, 0.05) is 0 Å². The first-order chi connectivity index (χ1) is 4.31. The molecule has 0 saturated carbocycles. The molecule has 0 aromatic carbocycles. The second kappa shape index (κ2) is 5.52. The number of hydrogen-bond donors (Lipinski definition) is 0. The van der Waals surface area contributed by atoms with Crippen molar-refractivity contribution in [2.45, 2.75) is 20.3 Å². The van der Waals surface area contributed by atoms with E-state index in [1.165, 1.54) is 6.08 Å². The van der Waals surface area contributed by atoms with Crippen molar-refractivity contribution in [3.05, 3.63) is 6.42 Å². The first-order valence-corrected chi connectivity index (χ1v) is 3.12. The van der Waals surface area contributed by atoms with Crippen LogP contribution in [0.5, 0.6) is 0 Å². The highest BCUT2D eigenvalue weighted by Crippen LogP contribution is 2.02. The molecule has 0 rings (SSSR count). The SMILES string of the molecule is C[CH]CC(C)CN=C=O. The molecule has 0 aliphatic carbocycles. The van der Waals surface area contributed by atoms with Gasteiger partial charge in [0.05, 0.1) is 6.54 Å². The molecule has 1 atom stereocenters. The molecule has 0 fully saturated rings. The van der Waals surface area contributed by atoms with Crippen LogP contribution in [-0.2, 0) is 4.79 Å². The van der Waals surface area contributed by atoms with E-state index < -0.39 is 0 Å². The Morgan fingerprint density at radius 2 is 2.44 bits per heavy atom. The maximum absolute atomic E-state index is 9.61. The number of isocyanates is 1. The lowest BCUT2D eigenvalue weighted by molar-refractivity contribution is 0.549. The minimum Gasteiger partial charge on any atom is -0.211 e. The summed E-state index contributed by atoms with van der Waals surface area (Å²) in [5, 5.41) is 0. The third-order valence-electron chi connectivity index (χ3n) is 1.11. The van der Waals surface area contributed by atoms with E-state index in [0.717, 1.165) is 6.42 Å². The van der Waals surface area contributed by atoms with Gasteiger partial charge in [-0.05, 0) is 18.8 Å². The number of aliphatic imine (C=N–C) groups is 1. The fourth-order valence-electron chi connectivity index (χ4n) is 0.670. The van der Waals surface area contributed by atoms with Crippen molar-refractivity contribution >= 4 is 6.08 Å². The molecule has 0 N–H and O–H groups in total. The van der Waals surface area contributed by atoms with Gasteiger partial charge in [0.15, 0.2) is 0 Å². The Hall–Kier alpha value is -0.620. The predicted octanol–water partition coefficient (Wildman–Crippen LogP) is 1.57. The maximum atomic E-state index is 9.61. The molecular weight excluding hydrogens is 114 g/mol. The van der Waals surface area contributed by atoms with E-state index in [1.807, 2.05) is 6.92 Å². The van der Waals surface area contributed by atoms with Crippen LogP contribution < -0.4 is 0 Å². The zero-order chi connectivity index (χ0) is 7.11. The molecule has 1 radical (unpaired) electrons. The van der Waals surface area contributed by atoms with Crippen molar-refractivity contribution in [2.24, 2.45) is 10.9 Å². The molecule has 0 aliphatic rings. The highest BCUT2D eigenvalue weighted by molar-refractivity contribution is 5.32. The monoisotopic (exact) mass is 126 g/mol. The fraction of sp³-hybridized carbons (Fsp3) is 0.714. The quantitative estimate of drug-likeness (QED) is 0.415. The lowest BCUT2D eigenvalue weighted by Crippen LogP contribution is -1.97. The number of rotatable bonds is 4. The second-order valence-corrected chi connectivity index (χ2v) is 2.18. The topological polar surface area (TPSA) is 29.4 Å². The molecule has 0 spiro atoms. The maximum Gasteiger partial charge on any atom is 0.234 e. The average molecular weight is 126 g/mol. The van der Waals surface area contributed by atoms with E-state index in [0.29, 0.717) is 12.5 Å². The molecule has 0 aromatic rings. The molecule has 0 amide bonds. The highest BCUT2D eigenvalue weighted by atomic mass is 16.1. The summed E-state index contributed by atoms with van der Waals surface area (Å²) >= 11 is 0. The van der Waals surface area contributed by atoms with Crippen molar-refractivity contribution in [1.29, 1.82) is 0 Å². The van der Waals surface area contributed by atoms with Crippen LogP contribution in [0.1, 0.15) is 20.3 Å². The van der Waals surface area contributed by atoms with Gasteiger partial charge in [-0.3, -0.25) is 0 Å². The molecule has 2 nitrogen and oxygen atoms in total. The largest absolute Gasteiger partial charge is 0.234 e. The van der Waals surface area contributed by atoms with Gasteiger partial charge < -0.3 is 0 Å². The lowest BCUT2D eigenvalue weighted by Gasteiger charge is -2.01. The summed E-state index contributed by atoms with van der Waals surface area (Å²) in [6, 6.07) is 0. The second-order valence-electron chi connectivity index (χ2n) is 2.18. The molecule has 9 heavy (non-hydrogen) atoms. The number of nitrogens with zero attached hydrogens (tertiary/aromatic N) is 1. The van der Waals surface area contributed by atoms with Gasteiger partial charge in [0.2, 0.25) is 6.08 Å². The number of carbonyl (C=O) groups excluding carboxylic acids is 1. The van der Waals surface area contributed by atoms with Gasteiger partial charge in [0.25, 0.3) is 0 Å². The van der Waals surface area contributed by atoms with E-state index in [9.17, 15) is 4.79 Å². The minimum absolute atomic E-state index is 0.483. The molecule has 0 aromatic heterocycles. The van der Waals surface area contributed by atoms with E-state index in [2.05, 4.69) is 18.3 Å². The predicted molar refractivity (Wildman–Crippen MR) is 36.7 cm³/mol. The summed E-state index contributed by atoms with van der Waals surface area (Å²) in [7, 11) is 0. The minimum atomic E-state index is 0.483. The Morgan fingerprint density at radius 1 is 1.78 bits per heavy atom. The summed E-state index contributed by atoms with van der Waals surface area (Å²) in [4.78, 5) is 13.1. The van der Waals surface area contributed by atoms with Gasteiger partial charge in [-0.25, -0.2) is 9.79 Å². The summed E-state index contributed by atoms with van der Waals surface area (Å²) in [5.41, 5.74) is 0. The van der Waals surface area contributed by atoms with E-state index in [4.69, 9.17) is 0 Å². The van der Waals surface area contributed by atoms with Gasteiger partial charge in [-0.2, -0.15) is 0 Å². The smallest absolute Gasteiger partial charge is 0.211 e. The zero-order valence-electron chi connectivity index (χ0n) is 5.92. The Kier molecular flexibility index (Phi) is 5.14. The number of hydrogen-bond acceptors (Lipinski definition) is 2. The summed E-state index contributed by atoms with van der Waals surface area (Å²) in [6.45, 7) is 4.66. The third-order valence-corrected chi connectivity index (χ3v) is 1.11. The van der Waals surface area contributed by atoms with Crippen LogP contribution in [0, 0.1) is 12.3 Å². The average Bonchev–Trinajstić information content (AvgIpc) is 1.85. The summed E-state index contributed by atoms with van der Waals surface area (Å²) in [5.74, 6) is 0.483. The lowest BCUT2D eigenvalue weighted by atomic mass is 10.1. The van der Waals surface area contributed by atoms with Crippen LogP contribution in [0.25, 0.3) is 0 Å². The fourth-order valence-corrected chi connectivity index (χ4v) is 0.670. The van der Waals surface area contributed by atoms with Crippen LogP contribution >= 0.6 is 0 Å². The Balaban J connectivity index is 3.25.